The Balaban J connectivity index is 2.69. The number of aliphatic carboxylic acids is 1. The number of aryl methyl sites for hydroxylation is 1. The van der Waals surface area contributed by atoms with E-state index in [2.05, 4.69) is 4.74 Å². The molecule has 0 spiro atoms. The minimum atomic E-state index is -2.30. The molecular formula is C9H9FO3. The molecule has 1 atom stereocenters. The van der Waals surface area contributed by atoms with Crippen LogP contribution in [-0.4, -0.2) is 17.4 Å². The largest absolute Gasteiger partial charge is 0.476 e. The van der Waals surface area contributed by atoms with E-state index < -0.39 is 12.3 Å². The van der Waals surface area contributed by atoms with Gasteiger partial charge in [0.15, 0.2) is 0 Å². The lowest BCUT2D eigenvalue weighted by molar-refractivity contribution is -0.153. The number of alkyl halides is 1. The summed E-state index contributed by atoms with van der Waals surface area (Å²) in [6.07, 6.45) is -2.30. The fraction of sp³-hybridized carbons (Fsp3) is 0.222. The number of carboxylic acid groups (broad SMARTS) is 1. The molecule has 0 aromatic heterocycles. The molecule has 13 heavy (non-hydrogen) atoms. The van der Waals surface area contributed by atoms with Crippen molar-refractivity contribution in [3.05, 3.63) is 29.8 Å². The van der Waals surface area contributed by atoms with Crippen LogP contribution in [0.3, 0.4) is 0 Å². The molecule has 0 saturated heterocycles. The van der Waals surface area contributed by atoms with Gasteiger partial charge in [0.2, 0.25) is 0 Å². The number of benzene rings is 1. The van der Waals surface area contributed by atoms with Crippen molar-refractivity contribution >= 4 is 5.97 Å². The van der Waals surface area contributed by atoms with Crippen molar-refractivity contribution in [3.63, 3.8) is 0 Å². The molecule has 1 aromatic rings. The van der Waals surface area contributed by atoms with Gasteiger partial charge in [-0.25, -0.2) is 4.79 Å². The predicted molar refractivity (Wildman–Crippen MR) is 44.3 cm³/mol. The Labute approximate surface area is 74.8 Å². The molecule has 0 radical (unpaired) electrons. The Bertz CT molecular complexity index is 311. The predicted octanol–water partition coefficient (Wildman–Crippen LogP) is 1.75. The highest BCUT2D eigenvalue weighted by atomic mass is 19.1. The van der Waals surface area contributed by atoms with Crippen molar-refractivity contribution in [2.45, 2.75) is 13.3 Å². The molecule has 1 aromatic carbocycles. The van der Waals surface area contributed by atoms with Crippen LogP contribution in [0.15, 0.2) is 24.3 Å². The van der Waals surface area contributed by atoms with Gasteiger partial charge in [-0.1, -0.05) is 12.1 Å². The highest BCUT2D eigenvalue weighted by molar-refractivity contribution is 5.70. The molecule has 1 unspecified atom stereocenters. The third-order valence-electron chi connectivity index (χ3n) is 1.42. The summed E-state index contributed by atoms with van der Waals surface area (Å²) in [6.45, 7) is 1.81. The summed E-state index contributed by atoms with van der Waals surface area (Å²) >= 11 is 0. The lowest BCUT2D eigenvalue weighted by Crippen LogP contribution is -2.21. The molecule has 0 heterocycles. The molecule has 0 aliphatic rings. The third-order valence-corrected chi connectivity index (χ3v) is 1.42. The molecule has 0 aliphatic heterocycles. The first-order chi connectivity index (χ1) is 6.09. The fourth-order valence-corrected chi connectivity index (χ4v) is 0.859. The monoisotopic (exact) mass is 184 g/mol. The average Bonchev–Trinajstić information content (AvgIpc) is 2.04. The van der Waals surface area contributed by atoms with Crippen molar-refractivity contribution in [3.8, 4) is 5.75 Å². The number of carbonyl (C=O) groups is 1. The van der Waals surface area contributed by atoms with Gasteiger partial charge in [-0.15, -0.1) is 0 Å². The number of hydrogen-bond donors (Lipinski definition) is 1. The maximum Gasteiger partial charge on any atom is 0.378 e. The van der Waals surface area contributed by atoms with E-state index in [-0.39, 0.29) is 5.75 Å². The molecule has 1 N–H and O–H groups in total. The van der Waals surface area contributed by atoms with Crippen molar-refractivity contribution in [1.82, 2.24) is 0 Å². The van der Waals surface area contributed by atoms with E-state index in [1.54, 1.807) is 25.1 Å². The summed E-state index contributed by atoms with van der Waals surface area (Å²) in [7, 11) is 0. The van der Waals surface area contributed by atoms with Crippen LogP contribution in [0.25, 0.3) is 0 Å². The van der Waals surface area contributed by atoms with Crippen LogP contribution in [0, 0.1) is 6.92 Å². The SMILES string of the molecule is Cc1cccc(OC(F)C(=O)O)c1. The second-order valence-corrected chi connectivity index (χ2v) is 2.59. The lowest BCUT2D eigenvalue weighted by Gasteiger charge is -2.07. The Morgan fingerprint density at radius 2 is 2.31 bits per heavy atom. The van der Waals surface area contributed by atoms with E-state index in [0.29, 0.717) is 0 Å². The van der Waals surface area contributed by atoms with Gasteiger partial charge >= 0.3 is 12.3 Å². The van der Waals surface area contributed by atoms with Crippen molar-refractivity contribution in [2.24, 2.45) is 0 Å². The van der Waals surface area contributed by atoms with E-state index in [1.165, 1.54) is 6.07 Å². The minimum Gasteiger partial charge on any atom is -0.476 e. The quantitative estimate of drug-likeness (QED) is 0.778. The normalized spacial score (nSPS) is 12.2. The molecule has 1 rings (SSSR count). The first-order valence-corrected chi connectivity index (χ1v) is 3.70. The standard InChI is InChI=1S/C9H9FO3/c1-6-3-2-4-7(5-6)13-8(10)9(11)12/h2-5,8H,1H3,(H,11,12). The van der Waals surface area contributed by atoms with Gasteiger partial charge in [0.1, 0.15) is 5.75 Å². The summed E-state index contributed by atoms with van der Waals surface area (Å²) in [5.41, 5.74) is 0.884. The van der Waals surface area contributed by atoms with Crippen LogP contribution in [-0.2, 0) is 4.79 Å². The van der Waals surface area contributed by atoms with Gasteiger partial charge in [-0.05, 0) is 24.6 Å². The summed E-state index contributed by atoms with van der Waals surface area (Å²) in [4.78, 5) is 10.1. The minimum absolute atomic E-state index is 0.218. The summed E-state index contributed by atoms with van der Waals surface area (Å²) in [6, 6.07) is 6.54. The number of hydrogen-bond acceptors (Lipinski definition) is 2. The van der Waals surface area contributed by atoms with Gasteiger partial charge in [-0.2, -0.15) is 4.39 Å². The summed E-state index contributed by atoms with van der Waals surface area (Å²) < 4.78 is 17.0. The van der Waals surface area contributed by atoms with Crippen LogP contribution in [0.5, 0.6) is 5.75 Å². The smallest absolute Gasteiger partial charge is 0.378 e. The zero-order valence-corrected chi connectivity index (χ0v) is 7.03. The molecular weight excluding hydrogens is 175 g/mol. The topological polar surface area (TPSA) is 46.5 Å². The van der Waals surface area contributed by atoms with Crippen LogP contribution in [0.4, 0.5) is 4.39 Å². The Kier molecular flexibility index (Phi) is 2.84. The zero-order valence-electron chi connectivity index (χ0n) is 7.03. The van der Waals surface area contributed by atoms with Crippen LogP contribution < -0.4 is 4.74 Å². The summed E-state index contributed by atoms with van der Waals surface area (Å²) in [5, 5.41) is 8.21. The molecule has 0 aliphatic carbocycles. The average molecular weight is 184 g/mol. The molecule has 0 bridgehead atoms. The molecule has 0 saturated carbocycles. The number of rotatable bonds is 3. The maximum absolute atomic E-state index is 12.5. The van der Waals surface area contributed by atoms with E-state index in [1.807, 2.05) is 0 Å². The van der Waals surface area contributed by atoms with E-state index in [9.17, 15) is 9.18 Å². The second kappa shape index (κ2) is 3.89. The zero-order chi connectivity index (χ0) is 9.84. The Morgan fingerprint density at radius 1 is 1.62 bits per heavy atom. The van der Waals surface area contributed by atoms with Crippen molar-refractivity contribution < 1.29 is 19.0 Å². The molecule has 0 amide bonds. The van der Waals surface area contributed by atoms with E-state index >= 15 is 0 Å². The van der Waals surface area contributed by atoms with Gasteiger partial charge in [-0.3, -0.25) is 0 Å². The fourth-order valence-electron chi connectivity index (χ4n) is 0.859. The first-order valence-electron chi connectivity index (χ1n) is 3.70. The Morgan fingerprint density at radius 3 is 2.85 bits per heavy atom. The number of carboxylic acids is 1. The molecule has 0 fully saturated rings. The lowest BCUT2D eigenvalue weighted by atomic mass is 10.2. The first kappa shape index (κ1) is 9.51. The third kappa shape index (κ3) is 2.74. The van der Waals surface area contributed by atoms with Crippen LogP contribution >= 0.6 is 0 Å². The highest BCUT2D eigenvalue weighted by Crippen LogP contribution is 2.14. The van der Waals surface area contributed by atoms with Gasteiger partial charge in [0.25, 0.3) is 0 Å². The molecule has 3 nitrogen and oxygen atoms in total. The van der Waals surface area contributed by atoms with Crippen LogP contribution in [0.2, 0.25) is 0 Å². The van der Waals surface area contributed by atoms with Crippen LogP contribution in [0.1, 0.15) is 5.56 Å². The molecule has 4 heteroatoms. The maximum atomic E-state index is 12.5. The van der Waals surface area contributed by atoms with E-state index in [0.717, 1.165) is 5.56 Å². The van der Waals surface area contributed by atoms with Gasteiger partial charge in [0.05, 0.1) is 0 Å². The highest BCUT2D eigenvalue weighted by Gasteiger charge is 2.16. The van der Waals surface area contributed by atoms with Gasteiger partial charge in [0, 0.05) is 0 Å². The van der Waals surface area contributed by atoms with E-state index in [4.69, 9.17) is 5.11 Å². The number of ether oxygens (including phenoxy) is 1. The van der Waals surface area contributed by atoms with Crippen molar-refractivity contribution in [2.75, 3.05) is 0 Å². The summed E-state index contributed by atoms with van der Waals surface area (Å²) in [5.74, 6) is -1.41. The van der Waals surface area contributed by atoms with Gasteiger partial charge < -0.3 is 9.84 Å². The number of halogens is 1. The Hall–Kier alpha value is -1.58. The van der Waals surface area contributed by atoms with Crippen molar-refractivity contribution in [1.29, 1.82) is 0 Å². The second-order valence-electron chi connectivity index (χ2n) is 2.59. The molecule has 70 valence electrons.